The maximum absolute atomic E-state index is 9.40. The molecule has 1 atom stereocenters. The molecule has 1 aromatic rings. The quantitative estimate of drug-likeness (QED) is 0.521. The lowest BCUT2D eigenvalue weighted by molar-refractivity contribution is 0.412. The Labute approximate surface area is 143 Å². The number of anilines is 1. The van der Waals surface area contributed by atoms with E-state index < -0.39 is 0 Å². The number of nitriles is 1. The van der Waals surface area contributed by atoms with Crippen LogP contribution in [-0.2, 0) is 0 Å². The molecule has 0 amide bonds. The first kappa shape index (κ1) is 17.4. The van der Waals surface area contributed by atoms with Crippen molar-refractivity contribution in [3.8, 4) is 11.8 Å². The van der Waals surface area contributed by atoms with Gasteiger partial charge in [0, 0.05) is 38.5 Å². The average Bonchev–Trinajstić information content (AvgIpc) is 2.76. The number of hydrogen-bond acceptors (Lipinski definition) is 6. The van der Waals surface area contributed by atoms with Crippen molar-refractivity contribution >= 4 is 30.5 Å². The third kappa shape index (κ3) is 4.52. The average molecular weight is 333 g/mol. The van der Waals surface area contributed by atoms with Gasteiger partial charge in [-0.3, -0.25) is 0 Å². The van der Waals surface area contributed by atoms with E-state index in [2.05, 4.69) is 33.6 Å². The summed E-state index contributed by atoms with van der Waals surface area (Å²) < 4.78 is 5.50. The molecule has 0 N–H and O–H groups in total. The number of methoxy groups -OCH3 is 1. The highest BCUT2D eigenvalue weighted by Crippen LogP contribution is 2.34. The fraction of sp³-hybridized carbons (Fsp3) is 0.562. The van der Waals surface area contributed by atoms with Crippen LogP contribution < -0.4 is 9.64 Å². The van der Waals surface area contributed by atoms with Crippen LogP contribution in [-0.4, -0.2) is 55.8 Å². The molecular formula is C16H23N5OS. The van der Waals surface area contributed by atoms with Crippen molar-refractivity contribution < 1.29 is 4.74 Å². The zero-order valence-electron chi connectivity index (χ0n) is 13.9. The molecule has 0 saturated carbocycles. The second-order valence-electron chi connectivity index (χ2n) is 5.80. The third-order valence-electron chi connectivity index (χ3n) is 3.65. The highest BCUT2D eigenvalue weighted by atomic mass is 32.1. The van der Waals surface area contributed by atoms with Crippen LogP contribution >= 0.6 is 12.6 Å². The van der Waals surface area contributed by atoms with Gasteiger partial charge in [-0.1, -0.05) is 6.42 Å². The van der Waals surface area contributed by atoms with Crippen LogP contribution in [0.5, 0.6) is 5.75 Å². The van der Waals surface area contributed by atoms with Crippen molar-refractivity contribution in [1.82, 2.24) is 9.88 Å². The summed E-state index contributed by atoms with van der Waals surface area (Å²) in [5.74, 6) is 1.34. The molecule has 124 valence electrons. The molecule has 1 saturated heterocycles. The van der Waals surface area contributed by atoms with Crippen molar-refractivity contribution in [3.05, 3.63) is 11.8 Å². The van der Waals surface area contributed by atoms with E-state index in [0.717, 1.165) is 32.4 Å². The van der Waals surface area contributed by atoms with Gasteiger partial charge < -0.3 is 14.5 Å². The third-order valence-corrected chi connectivity index (χ3v) is 4.07. The fourth-order valence-corrected chi connectivity index (χ4v) is 2.90. The standard InChI is InChI=1S/C16H23N5OS/c1-20(2)11-18-13-8-15(22-3)16(19-14(13)9-17)21-7-5-4-6-12(23)10-21/h8,11-12,23H,4-7,10H2,1-3H3. The second-order valence-corrected chi connectivity index (χ2v) is 6.53. The predicted octanol–water partition coefficient (Wildman–Crippen LogP) is 2.47. The zero-order chi connectivity index (χ0) is 16.8. The lowest BCUT2D eigenvalue weighted by Gasteiger charge is -2.25. The number of hydrogen-bond donors (Lipinski definition) is 1. The summed E-state index contributed by atoms with van der Waals surface area (Å²) in [7, 11) is 5.36. The van der Waals surface area contributed by atoms with Crippen molar-refractivity contribution in [2.24, 2.45) is 4.99 Å². The molecule has 1 aliphatic rings. The lowest BCUT2D eigenvalue weighted by atomic mass is 10.2. The van der Waals surface area contributed by atoms with E-state index in [4.69, 9.17) is 4.74 Å². The summed E-state index contributed by atoms with van der Waals surface area (Å²) in [6.07, 6.45) is 4.98. The summed E-state index contributed by atoms with van der Waals surface area (Å²) in [6, 6.07) is 3.91. The number of rotatable bonds is 4. The van der Waals surface area contributed by atoms with Crippen LogP contribution in [0, 0.1) is 11.3 Å². The number of nitrogens with zero attached hydrogens (tertiary/aromatic N) is 5. The number of aromatic nitrogens is 1. The van der Waals surface area contributed by atoms with Gasteiger partial charge in [0.1, 0.15) is 11.8 Å². The van der Waals surface area contributed by atoms with Crippen LogP contribution in [0.2, 0.25) is 0 Å². The molecule has 1 aromatic heterocycles. The van der Waals surface area contributed by atoms with Crippen LogP contribution in [0.4, 0.5) is 11.5 Å². The first-order valence-corrected chi connectivity index (χ1v) is 8.19. The topological polar surface area (TPSA) is 64.8 Å². The van der Waals surface area contributed by atoms with E-state index >= 15 is 0 Å². The molecule has 23 heavy (non-hydrogen) atoms. The lowest BCUT2D eigenvalue weighted by Crippen LogP contribution is -2.30. The highest BCUT2D eigenvalue weighted by molar-refractivity contribution is 7.81. The van der Waals surface area contributed by atoms with Gasteiger partial charge in [0.05, 0.1) is 13.4 Å². The molecular weight excluding hydrogens is 310 g/mol. The summed E-state index contributed by atoms with van der Waals surface area (Å²) in [6.45, 7) is 1.70. The summed E-state index contributed by atoms with van der Waals surface area (Å²) >= 11 is 4.62. The van der Waals surface area contributed by atoms with E-state index in [1.165, 1.54) is 0 Å². The smallest absolute Gasteiger partial charge is 0.172 e. The number of thiol groups is 1. The minimum atomic E-state index is 0.305. The van der Waals surface area contributed by atoms with Crippen LogP contribution in [0.1, 0.15) is 25.0 Å². The highest BCUT2D eigenvalue weighted by Gasteiger charge is 2.22. The van der Waals surface area contributed by atoms with Crippen LogP contribution in [0.25, 0.3) is 0 Å². The van der Waals surface area contributed by atoms with Gasteiger partial charge in [0.2, 0.25) is 0 Å². The van der Waals surface area contributed by atoms with Crippen LogP contribution in [0.3, 0.4) is 0 Å². The van der Waals surface area contributed by atoms with Gasteiger partial charge >= 0.3 is 0 Å². The SMILES string of the molecule is COc1cc(N=CN(C)C)c(C#N)nc1N1CCCCC(S)C1. The van der Waals surface area contributed by atoms with Crippen molar-refractivity contribution in [2.75, 3.05) is 39.2 Å². The van der Waals surface area contributed by atoms with E-state index in [1.54, 1.807) is 19.5 Å². The van der Waals surface area contributed by atoms with Crippen molar-refractivity contribution in [2.45, 2.75) is 24.5 Å². The molecule has 1 aliphatic heterocycles. The molecule has 0 aliphatic carbocycles. The largest absolute Gasteiger partial charge is 0.493 e. The molecule has 0 radical (unpaired) electrons. The van der Waals surface area contributed by atoms with Gasteiger partial charge in [-0.25, -0.2) is 9.98 Å². The maximum Gasteiger partial charge on any atom is 0.172 e. The van der Waals surface area contributed by atoms with Gasteiger partial charge in [-0.05, 0) is 12.8 Å². The molecule has 0 spiro atoms. The van der Waals surface area contributed by atoms with E-state index in [0.29, 0.717) is 28.2 Å². The van der Waals surface area contributed by atoms with Gasteiger partial charge in [-0.2, -0.15) is 17.9 Å². The van der Waals surface area contributed by atoms with Crippen molar-refractivity contribution in [1.29, 1.82) is 5.26 Å². The summed E-state index contributed by atoms with van der Waals surface area (Å²) in [5, 5.41) is 9.71. The van der Waals surface area contributed by atoms with Gasteiger partial charge in [0.15, 0.2) is 17.3 Å². The molecule has 1 fully saturated rings. The molecule has 7 heteroatoms. The molecule has 0 bridgehead atoms. The second kappa shape index (κ2) is 8.06. The zero-order valence-corrected chi connectivity index (χ0v) is 14.8. The molecule has 2 heterocycles. The number of aliphatic imine (C=N–C) groups is 1. The first-order chi connectivity index (χ1) is 11.0. The van der Waals surface area contributed by atoms with E-state index in [9.17, 15) is 5.26 Å². The molecule has 1 unspecified atom stereocenters. The minimum absolute atomic E-state index is 0.305. The molecule has 6 nitrogen and oxygen atoms in total. The maximum atomic E-state index is 9.40. The summed E-state index contributed by atoms with van der Waals surface area (Å²) in [4.78, 5) is 12.8. The number of pyridine rings is 1. The summed E-state index contributed by atoms with van der Waals surface area (Å²) in [5.41, 5.74) is 0.818. The Morgan fingerprint density at radius 2 is 2.30 bits per heavy atom. The Morgan fingerprint density at radius 1 is 1.52 bits per heavy atom. The van der Waals surface area contributed by atoms with E-state index in [1.807, 2.05) is 19.0 Å². The van der Waals surface area contributed by atoms with E-state index in [-0.39, 0.29) is 0 Å². The Morgan fingerprint density at radius 3 is 2.96 bits per heavy atom. The molecule has 2 rings (SSSR count). The molecule has 0 aromatic carbocycles. The Balaban J connectivity index is 2.41. The first-order valence-electron chi connectivity index (χ1n) is 7.68. The van der Waals surface area contributed by atoms with Gasteiger partial charge in [-0.15, -0.1) is 0 Å². The van der Waals surface area contributed by atoms with Crippen molar-refractivity contribution in [3.63, 3.8) is 0 Å². The Bertz CT molecular complexity index is 611. The van der Waals surface area contributed by atoms with Gasteiger partial charge in [0.25, 0.3) is 0 Å². The predicted molar refractivity (Wildman–Crippen MR) is 96.2 cm³/mol. The van der Waals surface area contributed by atoms with Crippen LogP contribution in [0.15, 0.2) is 11.1 Å². The Hall–Kier alpha value is -1.94. The monoisotopic (exact) mass is 333 g/mol. The Kier molecular flexibility index (Phi) is 6.11. The fourth-order valence-electron chi connectivity index (χ4n) is 2.52. The minimum Gasteiger partial charge on any atom is -0.493 e. The number of ether oxygens (including phenoxy) is 1. The normalized spacial score (nSPS) is 18.6.